The Balaban J connectivity index is 1.88. The summed E-state index contributed by atoms with van der Waals surface area (Å²) in [5.74, 6) is 11.4. The van der Waals surface area contributed by atoms with Gasteiger partial charge in [0.05, 0.1) is 5.56 Å². The molecule has 0 unspecified atom stereocenters. The van der Waals surface area contributed by atoms with Crippen LogP contribution in [0.2, 0.25) is 0 Å². The van der Waals surface area contributed by atoms with Crippen LogP contribution in [0.3, 0.4) is 0 Å². The SMILES string of the molecule is CCCCCCCCCCCCC#CC#CCCCCCCCCC(=O)Oc1ccc(C(=O)O)cc1. The van der Waals surface area contributed by atoms with E-state index in [0.29, 0.717) is 12.2 Å². The lowest BCUT2D eigenvalue weighted by Gasteiger charge is -2.05. The molecule has 0 bridgehead atoms. The Kier molecular flexibility index (Phi) is 19.8. The molecule has 0 saturated heterocycles. The fourth-order valence-corrected chi connectivity index (χ4v) is 3.95. The van der Waals surface area contributed by atoms with Crippen LogP contribution in [0, 0.1) is 23.7 Å². The number of carboxylic acids is 1. The molecular formula is C32H46O4. The normalized spacial score (nSPS) is 10.1. The molecule has 0 atom stereocenters. The Labute approximate surface area is 219 Å². The van der Waals surface area contributed by atoms with Crippen molar-refractivity contribution in [3.8, 4) is 29.4 Å². The van der Waals surface area contributed by atoms with Crippen LogP contribution >= 0.6 is 0 Å². The van der Waals surface area contributed by atoms with Crippen LogP contribution in [-0.4, -0.2) is 17.0 Å². The molecule has 4 heteroatoms. The molecule has 36 heavy (non-hydrogen) atoms. The Morgan fingerprint density at radius 2 is 1.11 bits per heavy atom. The second kappa shape index (κ2) is 22.7. The Morgan fingerprint density at radius 1 is 0.667 bits per heavy atom. The monoisotopic (exact) mass is 494 g/mol. The topological polar surface area (TPSA) is 63.6 Å². The first-order valence-electron chi connectivity index (χ1n) is 14.1. The van der Waals surface area contributed by atoms with E-state index in [2.05, 4.69) is 30.6 Å². The number of esters is 1. The largest absolute Gasteiger partial charge is 0.478 e. The number of carbonyl (C=O) groups is 2. The van der Waals surface area contributed by atoms with Gasteiger partial charge in [0.2, 0.25) is 0 Å². The van der Waals surface area contributed by atoms with E-state index < -0.39 is 5.97 Å². The molecule has 0 saturated carbocycles. The summed E-state index contributed by atoms with van der Waals surface area (Å²) in [6, 6.07) is 5.88. The third kappa shape index (κ3) is 18.6. The van der Waals surface area contributed by atoms with Crippen molar-refractivity contribution in [1.82, 2.24) is 0 Å². The van der Waals surface area contributed by atoms with Gasteiger partial charge in [-0.2, -0.15) is 0 Å². The van der Waals surface area contributed by atoms with Gasteiger partial charge >= 0.3 is 11.9 Å². The molecule has 1 aromatic carbocycles. The molecule has 4 nitrogen and oxygen atoms in total. The molecule has 0 aliphatic heterocycles. The van der Waals surface area contributed by atoms with Crippen LogP contribution < -0.4 is 4.74 Å². The smallest absolute Gasteiger partial charge is 0.335 e. The molecule has 198 valence electrons. The highest BCUT2D eigenvalue weighted by Gasteiger charge is 2.06. The lowest BCUT2D eigenvalue weighted by atomic mass is 10.1. The van der Waals surface area contributed by atoms with Crippen LogP contribution in [0.1, 0.15) is 139 Å². The van der Waals surface area contributed by atoms with Crippen molar-refractivity contribution in [3.05, 3.63) is 29.8 Å². The number of carboxylic acid groups (broad SMARTS) is 1. The number of aromatic carboxylic acids is 1. The van der Waals surface area contributed by atoms with Crippen molar-refractivity contribution in [2.24, 2.45) is 0 Å². The fourth-order valence-electron chi connectivity index (χ4n) is 3.95. The molecule has 0 amide bonds. The maximum atomic E-state index is 11.9. The van der Waals surface area contributed by atoms with E-state index in [-0.39, 0.29) is 11.5 Å². The summed E-state index contributed by atoms with van der Waals surface area (Å²) in [6.07, 6.45) is 22.1. The second-order valence-corrected chi connectivity index (χ2v) is 9.46. The molecule has 1 rings (SSSR count). The standard InChI is InChI=1S/C32H46O4/c1-2-3-4-5-6-7-8-9-10-11-12-13-14-15-16-17-18-19-20-21-22-23-24-31(33)36-30-27-25-29(26-28-30)32(34)35/h25-28H,2-12,17-24H2,1H3,(H,34,35). The predicted molar refractivity (Wildman–Crippen MR) is 148 cm³/mol. The highest BCUT2D eigenvalue weighted by molar-refractivity contribution is 5.87. The van der Waals surface area contributed by atoms with Crippen LogP contribution in [0.25, 0.3) is 0 Å². The zero-order chi connectivity index (χ0) is 26.1. The number of hydrogen-bond acceptors (Lipinski definition) is 3. The van der Waals surface area contributed by atoms with E-state index in [1.165, 1.54) is 88.5 Å². The quantitative estimate of drug-likeness (QED) is 0.0852. The number of carbonyl (C=O) groups excluding carboxylic acids is 1. The summed E-state index contributed by atoms with van der Waals surface area (Å²) in [7, 11) is 0. The van der Waals surface area contributed by atoms with E-state index >= 15 is 0 Å². The van der Waals surface area contributed by atoms with Crippen LogP contribution in [0.4, 0.5) is 0 Å². The molecule has 1 N–H and O–H groups in total. The zero-order valence-corrected chi connectivity index (χ0v) is 22.4. The minimum atomic E-state index is -0.997. The molecule has 0 aliphatic rings. The van der Waals surface area contributed by atoms with Gasteiger partial charge < -0.3 is 9.84 Å². The maximum absolute atomic E-state index is 11.9. The minimum absolute atomic E-state index is 0.174. The molecule has 0 aromatic heterocycles. The van der Waals surface area contributed by atoms with E-state index in [1.807, 2.05) is 0 Å². The third-order valence-corrected chi connectivity index (χ3v) is 6.16. The second-order valence-electron chi connectivity index (χ2n) is 9.46. The van der Waals surface area contributed by atoms with Gasteiger partial charge in [0, 0.05) is 19.3 Å². The highest BCUT2D eigenvalue weighted by atomic mass is 16.5. The molecule has 0 radical (unpaired) electrons. The van der Waals surface area contributed by atoms with E-state index in [4.69, 9.17) is 9.84 Å². The summed E-state index contributed by atoms with van der Waals surface area (Å²) in [5.41, 5.74) is 0.174. The van der Waals surface area contributed by atoms with Gasteiger partial charge in [-0.15, -0.1) is 0 Å². The molecular weight excluding hydrogens is 448 g/mol. The van der Waals surface area contributed by atoms with E-state index in [9.17, 15) is 9.59 Å². The van der Waals surface area contributed by atoms with E-state index in [1.54, 1.807) is 0 Å². The number of rotatable bonds is 20. The van der Waals surface area contributed by atoms with Crippen molar-refractivity contribution < 1.29 is 19.4 Å². The van der Waals surface area contributed by atoms with Gasteiger partial charge in [0.1, 0.15) is 5.75 Å². The van der Waals surface area contributed by atoms with Gasteiger partial charge in [-0.1, -0.05) is 102 Å². The van der Waals surface area contributed by atoms with Crippen LogP contribution in [0.15, 0.2) is 24.3 Å². The van der Waals surface area contributed by atoms with Gasteiger partial charge in [-0.05, 0) is 55.4 Å². The Morgan fingerprint density at radius 3 is 1.58 bits per heavy atom. The average Bonchev–Trinajstić information content (AvgIpc) is 2.87. The predicted octanol–water partition coefficient (Wildman–Crippen LogP) is 8.73. The molecule has 0 heterocycles. The van der Waals surface area contributed by atoms with Gasteiger partial charge in [-0.25, -0.2) is 4.79 Å². The van der Waals surface area contributed by atoms with Gasteiger partial charge in [0.25, 0.3) is 0 Å². The summed E-state index contributed by atoms with van der Waals surface area (Å²) in [5, 5.41) is 8.88. The molecule has 0 aliphatic carbocycles. The van der Waals surface area contributed by atoms with Crippen molar-refractivity contribution in [1.29, 1.82) is 0 Å². The average molecular weight is 495 g/mol. The molecule has 0 spiro atoms. The van der Waals surface area contributed by atoms with Gasteiger partial charge in [-0.3, -0.25) is 4.79 Å². The lowest BCUT2D eigenvalue weighted by molar-refractivity contribution is -0.134. The Hall–Kier alpha value is -2.72. The van der Waals surface area contributed by atoms with Crippen LogP contribution in [-0.2, 0) is 4.79 Å². The lowest BCUT2D eigenvalue weighted by Crippen LogP contribution is -2.07. The maximum Gasteiger partial charge on any atom is 0.335 e. The van der Waals surface area contributed by atoms with Crippen molar-refractivity contribution in [2.45, 2.75) is 129 Å². The summed E-state index contributed by atoms with van der Waals surface area (Å²) < 4.78 is 5.24. The summed E-state index contributed by atoms with van der Waals surface area (Å²) >= 11 is 0. The first-order valence-corrected chi connectivity index (χ1v) is 14.1. The van der Waals surface area contributed by atoms with Crippen molar-refractivity contribution in [2.75, 3.05) is 0 Å². The summed E-state index contributed by atoms with van der Waals surface area (Å²) in [6.45, 7) is 2.27. The van der Waals surface area contributed by atoms with E-state index in [0.717, 1.165) is 51.4 Å². The van der Waals surface area contributed by atoms with Gasteiger partial charge in [0.15, 0.2) is 0 Å². The molecule has 1 aromatic rings. The highest BCUT2D eigenvalue weighted by Crippen LogP contribution is 2.15. The Bertz CT molecular complexity index is 833. The first-order chi connectivity index (χ1) is 17.6. The summed E-state index contributed by atoms with van der Waals surface area (Å²) in [4.78, 5) is 22.7. The minimum Gasteiger partial charge on any atom is -0.478 e. The van der Waals surface area contributed by atoms with Crippen molar-refractivity contribution in [3.63, 3.8) is 0 Å². The number of unbranched alkanes of at least 4 members (excludes halogenated alkanes) is 16. The van der Waals surface area contributed by atoms with Crippen molar-refractivity contribution >= 4 is 11.9 Å². The number of ether oxygens (including phenoxy) is 1. The molecule has 0 fully saturated rings. The number of hydrogen-bond donors (Lipinski definition) is 1. The van der Waals surface area contributed by atoms with Crippen LogP contribution in [0.5, 0.6) is 5.75 Å². The number of benzene rings is 1. The fraction of sp³-hybridized carbons (Fsp3) is 0.625. The zero-order valence-electron chi connectivity index (χ0n) is 22.4. The third-order valence-electron chi connectivity index (χ3n) is 6.16. The first kappa shape index (κ1) is 31.3.